The van der Waals surface area contributed by atoms with E-state index in [0.29, 0.717) is 18.8 Å². The maximum absolute atomic E-state index is 12.2. The molecule has 0 spiro atoms. The number of carboxylic acid groups (broad SMARTS) is 1. The molecule has 1 aliphatic carbocycles. The van der Waals surface area contributed by atoms with Gasteiger partial charge < -0.3 is 15.7 Å². The molecule has 1 saturated heterocycles. The molecule has 1 saturated carbocycles. The first kappa shape index (κ1) is 14.3. The predicted octanol–water partition coefficient (Wildman–Crippen LogP) is 1.13. The molecule has 0 aromatic rings. The molecule has 1 amide bonds. The van der Waals surface area contributed by atoms with Crippen LogP contribution in [0.2, 0.25) is 0 Å². The Balaban J connectivity index is 1.79. The Labute approximate surface area is 114 Å². The average molecular weight is 268 g/mol. The van der Waals surface area contributed by atoms with Crippen molar-refractivity contribution in [3.05, 3.63) is 0 Å². The molecule has 4 atom stereocenters. The highest BCUT2D eigenvalue weighted by molar-refractivity contribution is 5.82. The van der Waals surface area contributed by atoms with Crippen molar-refractivity contribution in [2.75, 3.05) is 6.54 Å². The van der Waals surface area contributed by atoms with E-state index in [4.69, 9.17) is 5.11 Å². The zero-order valence-electron chi connectivity index (χ0n) is 11.5. The van der Waals surface area contributed by atoms with Crippen LogP contribution < -0.4 is 10.6 Å². The van der Waals surface area contributed by atoms with E-state index in [1.807, 2.05) is 0 Å². The molecule has 2 unspecified atom stereocenters. The second kappa shape index (κ2) is 6.37. The second-order valence-electron chi connectivity index (χ2n) is 5.86. The molecule has 5 heteroatoms. The van der Waals surface area contributed by atoms with Crippen LogP contribution in [0.25, 0.3) is 0 Å². The Morgan fingerprint density at radius 2 is 2.05 bits per heavy atom. The van der Waals surface area contributed by atoms with Gasteiger partial charge in [0, 0.05) is 6.04 Å². The second-order valence-corrected chi connectivity index (χ2v) is 5.86. The SMILES string of the molecule is CCC1CCNC(C(=O)N[C@H]2CC[C@@H](C(=O)O)C2)C1. The van der Waals surface area contributed by atoms with Gasteiger partial charge in [0.1, 0.15) is 0 Å². The molecule has 5 nitrogen and oxygen atoms in total. The molecule has 108 valence electrons. The largest absolute Gasteiger partial charge is 0.481 e. The number of amides is 1. The first-order chi connectivity index (χ1) is 9.10. The fourth-order valence-electron chi connectivity index (χ4n) is 3.21. The molecule has 3 N–H and O–H groups in total. The summed E-state index contributed by atoms with van der Waals surface area (Å²) < 4.78 is 0. The smallest absolute Gasteiger partial charge is 0.306 e. The van der Waals surface area contributed by atoms with Crippen molar-refractivity contribution >= 4 is 11.9 Å². The van der Waals surface area contributed by atoms with Crippen molar-refractivity contribution in [1.29, 1.82) is 0 Å². The molecule has 0 aromatic heterocycles. The van der Waals surface area contributed by atoms with Crippen LogP contribution in [0.1, 0.15) is 45.4 Å². The summed E-state index contributed by atoms with van der Waals surface area (Å²) in [7, 11) is 0. The van der Waals surface area contributed by atoms with Crippen LogP contribution in [-0.2, 0) is 9.59 Å². The normalized spacial score (nSPS) is 35.0. The van der Waals surface area contributed by atoms with Gasteiger partial charge in [0.25, 0.3) is 0 Å². The highest BCUT2D eigenvalue weighted by Gasteiger charge is 2.33. The molecular formula is C14H24N2O3. The maximum Gasteiger partial charge on any atom is 0.306 e. The number of carboxylic acids is 1. The van der Waals surface area contributed by atoms with E-state index in [2.05, 4.69) is 17.6 Å². The van der Waals surface area contributed by atoms with Gasteiger partial charge in [-0.1, -0.05) is 13.3 Å². The van der Waals surface area contributed by atoms with Crippen LogP contribution in [-0.4, -0.2) is 35.6 Å². The van der Waals surface area contributed by atoms with Gasteiger partial charge in [0.15, 0.2) is 0 Å². The summed E-state index contributed by atoms with van der Waals surface area (Å²) in [6.45, 7) is 3.07. The molecule has 1 heterocycles. The number of hydrogen-bond acceptors (Lipinski definition) is 3. The Morgan fingerprint density at radius 3 is 2.68 bits per heavy atom. The van der Waals surface area contributed by atoms with Gasteiger partial charge in [-0.05, 0) is 44.6 Å². The standard InChI is InChI=1S/C14H24N2O3/c1-2-9-5-6-15-12(7-9)13(17)16-11-4-3-10(8-11)14(18)19/h9-12,15H,2-8H2,1H3,(H,16,17)(H,18,19)/t9?,10-,11+,12?/m1/s1. The number of aliphatic carboxylic acids is 1. The van der Waals surface area contributed by atoms with Crippen LogP contribution in [0, 0.1) is 11.8 Å². The van der Waals surface area contributed by atoms with Crippen LogP contribution in [0.5, 0.6) is 0 Å². The fraction of sp³-hybridized carbons (Fsp3) is 0.857. The van der Waals surface area contributed by atoms with Crippen molar-refractivity contribution in [3.63, 3.8) is 0 Å². The molecule has 0 radical (unpaired) electrons. The Morgan fingerprint density at radius 1 is 1.26 bits per heavy atom. The van der Waals surface area contributed by atoms with Crippen LogP contribution >= 0.6 is 0 Å². The van der Waals surface area contributed by atoms with Crippen molar-refractivity contribution in [2.45, 2.75) is 57.5 Å². The fourth-order valence-corrected chi connectivity index (χ4v) is 3.21. The summed E-state index contributed by atoms with van der Waals surface area (Å²) in [6.07, 6.45) is 5.20. The molecular weight excluding hydrogens is 244 g/mol. The summed E-state index contributed by atoms with van der Waals surface area (Å²) in [6, 6.07) is -0.0556. The highest BCUT2D eigenvalue weighted by Crippen LogP contribution is 2.26. The third-order valence-corrected chi connectivity index (χ3v) is 4.53. The number of rotatable bonds is 4. The van der Waals surface area contributed by atoms with Gasteiger partial charge in [0.2, 0.25) is 5.91 Å². The van der Waals surface area contributed by atoms with Crippen molar-refractivity contribution in [3.8, 4) is 0 Å². The number of hydrogen-bond donors (Lipinski definition) is 3. The lowest BCUT2D eigenvalue weighted by Gasteiger charge is -2.29. The van der Waals surface area contributed by atoms with E-state index >= 15 is 0 Å². The molecule has 2 fully saturated rings. The zero-order valence-corrected chi connectivity index (χ0v) is 11.5. The Hall–Kier alpha value is -1.10. The van der Waals surface area contributed by atoms with Gasteiger partial charge in [0.05, 0.1) is 12.0 Å². The minimum Gasteiger partial charge on any atom is -0.481 e. The van der Waals surface area contributed by atoms with E-state index in [1.54, 1.807) is 0 Å². The van der Waals surface area contributed by atoms with Crippen molar-refractivity contribution in [2.24, 2.45) is 11.8 Å². The lowest BCUT2D eigenvalue weighted by molar-refractivity contribution is -0.141. The minimum absolute atomic E-state index is 0.0393. The molecule has 0 aromatic carbocycles. The summed E-state index contributed by atoms with van der Waals surface area (Å²) in [5.74, 6) is -0.340. The lowest BCUT2D eigenvalue weighted by atomic mass is 9.90. The first-order valence-electron chi connectivity index (χ1n) is 7.36. The summed E-state index contributed by atoms with van der Waals surface area (Å²) in [5, 5.41) is 15.2. The predicted molar refractivity (Wildman–Crippen MR) is 71.7 cm³/mol. The average Bonchev–Trinajstić information content (AvgIpc) is 2.87. The van der Waals surface area contributed by atoms with Crippen LogP contribution in [0.3, 0.4) is 0 Å². The van der Waals surface area contributed by atoms with Gasteiger partial charge in [-0.15, -0.1) is 0 Å². The summed E-state index contributed by atoms with van der Waals surface area (Å²) in [4.78, 5) is 23.1. The Bertz CT molecular complexity index is 346. The zero-order chi connectivity index (χ0) is 13.8. The van der Waals surface area contributed by atoms with Crippen LogP contribution in [0.4, 0.5) is 0 Å². The quantitative estimate of drug-likeness (QED) is 0.714. The molecule has 0 bridgehead atoms. The number of piperidine rings is 1. The van der Waals surface area contributed by atoms with Gasteiger partial charge in [-0.2, -0.15) is 0 Å². The Kier molecular flexibility index (Phi) is 4.80. The molecule has 2 rings (SSSR count). The van der Waals surface area contributed by atoms with E-state index in [9.17, 15) is 9.59 Å². The van der Waals surface area contributed by atoms with Gasteiger partial charge in [-0.3, -0.25) is 9.59 Å². The van der Waals surface area contributed by atoms with Crippen molar-refractivity contribution < 1.29 is 14.7 Å². The monoisotopic (exact) mass is 268 g/mol. The van der Waals surface area contributed by atoms with E-state index in [-0.39, 0.29) is 23.9 Å². The van der Waals surface area contributed by atoms with E-state index in [1.165, 1.54) is 0 Å². The molecule has 19 heavy (non-hydrogen) atoms. The first-order valence-corrected chi connectivity index (χ1v) is 7.36. The lowest BCUT2D eigenvalue weighted by Crippen LogP contribution is -2.50. The van der Waals surface area contributed by atoms with E-state index in [0.717, 1.165) is 32.2 Å². The van der Waals surface area contributed by atoms with Gasteiger partial charge in [-0.25, -0.2) is 0 Å². The maximum atomic E-state index is 12.2. The topological polar surface area (TPSA) is 78.4 Å². The molecule has 2 aliphatic rings. The minimum atomic E-state index is -0.737. The summed E-state index contributed by atoms with van der Waals surface area (Å²) >= 11 is 0. The third kappa shape index (κ3) is 3.69. The number of nitrogens with one attached hydrogen (secondary N) is 2. The summed E-state index contributed by atoms with van der Waals surface area (Å²) in [5.41, 5.74) is 0. The van der Waals surface area contributed by atoms with Crippen LogP contribution in [0.15, 0.2) is 0 Å². The van der Waals surface area contributed by atoms with E-state index < -0.39 is 5.97 Å². The third-order valence-electron chi connectivity index (χ3n) is 4.53. The van der Waals surface area contributed by atoms with Crippen molar-refractivity contribution in [1.82, 2.24) is 10.6 Å². The van der Waals surface area contributed by atoms with Gasteiger partial charge >= 0.3 is 5.97 Å². The number of carbonyl (C=O) groups excluding carboxylic acids is 1. The highest BCUT2D eigenvalue weighted by atomic mass is 16.4. The number of carbonyl (C=O) groups is 2. The molecule has 1 aliphatic heterocycles.